The van der Waals surface area contributed by atoms with E-state index in [9.17, 15) is 4.79 Å². The molecule has 3 heterocycles. The number of H-pyrrole nitrogens is 1. The molecule has 0 saturated carbocycles. The molecule has 35 heavy (non-hydrogen) atoms. The van der Waals surface area contributed by atoms with Gasteiger partial charge < -0.3 is 15.0 Å². The highest BCUT2D eigenvalue weighted by Gasteiger charge is 2.31. The first-order chi connectivity index (χ1) is 16.6. The van der Waals surface area contributed by atoms with E-state index < -0.39 is 5.60 Å². The number of carbonyl (C=O) groups is 1. The maximum absolute atomic E-state index is 12.5. The molecular formula is C26H33ClN6O2. The average molecular weight is 497 g/mol. The normalized spacial score (nSPS) is 14.9. The van der Waals surface area contributed by atoms with Crippen molar-refractivity contribution in [1.29, 1.82) is 0 Å². The van der Waals surface area contributed by atoms with Crippen LogP contribution in [0.5, 0.6) is 0 Å². The van der Waals surface area contributed by atoms with E-state index >= 15 is 0 Å². The lowest BCUT2D eigenvalue weighted by Crippen LogP contribution is -2.41. The fraction of sp³-hybridized carbons (Fsp3) is 0.462. The molecule has 1 saturated heterocycles. The number of likely N-dealkylation sites (tertiary alicyclic amines) is 1. The number of aromatic amines is 1. The van der Waals surface area contributed by atoms with E-state index in [2.05, 4.69) is 29.2 Å². The summed E-state index contributed by atoms with van der Waals surface area (Å²) in [7, 11) is 0. The second kappa shape index (κ2) is 10.2. The highest BCUT2D eigenvalue weighted by atomic mass is 35.5. The van der Waals surface area contributed by atoms with Crippen molar-refractivity contribution in [1.82, 2.24) is 25.1 Å². The van der Waals surface area contributed by atoms with Crippen molar-refractivity contribution in [2.75, 3.05) is 18.4 Å². The minimum atomic E-state index is -0.507. The molecule has 4 rings (SSSR count). The van der Waals surface area contributed by atoms with Gasteiger partial charge in [0.25, 0.3) is 0 Å². The summed E-state index contributed by atoms with van der Waals surface area (Å²) >= 11 is 6.13. The number of carbonyl (C=O) groups excluding carboxylic acids is 1. The maximum Gasteiger partial charge on any atom is 0.410 e. The third-order valence-electron chi connectivity index (χ3n) is 5.80. The Morgan fingerprint density at radius 1 is 1.17 bits per heavy atom. The minimum absolute atomic E-state index is 0.203. The average Bonchev–Trinajstić information content (AvgIpc) is 3.23. The molecule has 0 atom stereocenters. The highest BCUT2D eigenvalue weighted by Crippen LogP contribution is 2.39. The van der Waals surface area contributed by atoms with Gasteiger partial charge in [0.1, 0.15) is 11.3 Å². The molecule has 0 bridgehead atoms. The van der Waals surface area contributed by atoms with E-state index in [4.69, 9.17) is 26.4 Å². The van der Waals surface area contributed by atoms with Crippen LogP contribution in [0.1, 0.15) is 59.1 Å². The monoisotopic (exact) mass is 496 g/mol. The summed E-state index contributed by atoms with van der Waals surface area (Å²) in [5, 5.41) is 12.0. The number of aromatic nitrogens is 4. The fourth-order valence-electron chi connectivity index (χ4n) is 4.23. The summed E-state index contributed by atoms with van der Waals surface area (Å²) < 4.78 is 5.56. The first kappa shape index (κ1) is 25.0. The number of nitrogens with zero attached hydrogens (tertiary/aromatic N) is 4. The molecule has 0 aliphatic carbocycles. The lowest BCUT2D eigenvalue weighted by atomic mass is 9.89. The van der Waals surface area contributed by atoms with E-state index in [0.717, 1.165) is 41.1 Å². The van der Waals surface area contributed by atoms with E-state index in [1.807, 2.05) is 51.1 Å². The standard InChI is InChI=1S/C26H33ClN6O2/c1-16(2)29-24-28-13-10-20(30-24)21-22(17-6-8-19(27)9-7-17)31-32-23(21)18-11-14-33(15-12-18)25(34)35-26(3,4)5/h6-10,13,16,18H,11-12,14-15H2,1-5H3,(H,31,32)(H,28,29,30). The zero-order valence-corrected chi connectivity index (χ0v) is 21.7. The molecule has 3 aromatic rings. The van der Waals surface area contributed by atoms with E-state index in [0.29, 0.717) is 24.1 Å². The summed E-state index contributed by atoms with van der Waals surface area (Å²) in [6, 6.07) is 9.77. The maximum atomic E-state index is 12.5. The number of hydrogen-bond donors (Lipinski definition) is 2. The first-order valence-electron chi connectivity index (χ1n) is 12.0. The predicted molar refractivity (Wildman–Crippen MR) is 139 cm³/mol. The van der Waals surface area contributed by atoms with Crippen molar-refractivity contribution in [3.05, 3.63) is 47.2 Å². The van der Waals surface area contributed by atoms with Crippen LogP contribution in [-0.2, 0) is 4.74 Å². The van der Waals surface area contributed by atoms with Gasteiger partial charge in [0, 0.05) is 53.1 Å². The van der Waals surface area contributed by atoms with Crippen LogP contribution in [0.3, 0.4) is 0 Å². The molecule has 186 valence electrons. The fourth-order valence-corrected chi connectivity index (χ4v) is 4.36. The van der Waals surface area contributed by atoms with Crippen molar-refractivity contribution in [2.24, 2.45) is 0 Å². The molecule has 1 amide bonds. The second-order valence-electron chi connectivity index (χ2n) is 10.2. The van der Waals surface area contributed by atoms with Crippen LogP contribution < -0.4 is 5.32 Å². The Labute approximate surface area is 211 Å². The number of rotatable bonds is 5. The summed E-state index contributed by atoms with van der Waals surface area (Å²) in [4.78, 5) is 23.5. The molecule has 1 aliphatic heterocycles. The molecule has 1 aromatic carbocycles. The van der Waals surface area contributed by atoms with Gasteiger partial charge in [-0.25, -0.2) is 14.8 Å². The van der Waals surface area contributed by atoms with Crippen LogP contribution in [0.4, 0.5) is 10.7 Å². The SMILES string of the molecule is CC(C)Nc1nccc(-c2c(-c3ccc(Cl)cc3)n[nH]c2C2CCN(C(=O)OC(C)(C)C)CC2)n1. The van der Waals surface area contributed by atoms with Crippen LogP contribution in [0, 0.1) is 0 Å². The Kier molecular flexibility index (Phi) is 7.31. The molecule has 0 unspecified atom stereocenters. The van der Waals surface area contributed by atoms with Gasteiger partial charge in [-0.2, -0.15) is 5.10 Å². The zero-order chi connectivity index (χ0) is 25.2. The molecule has 0 radical (unpaired) electrons. The summed E-state index contributed by atoms with van der Waals surface area (Å²) in [6.45, 7) is 11.0. The van der Waals surface area contributed by atoms with Crippen LogP contribution in [-0.4, -0.2) is 55.9 Å². The van der Waals surface area contributed by atoms with Gasteiger partial charge in [0.15, 0.2) is 0 Å². The predicted octanol–water partition coefficient (Wildman–Crippen LogP) is 6.12. The minimum Gasteiger partial charge on any atom is -0.444 e. The number of nitrogens with one attached hydrogen (secondary N) is 2. The third kappa shape index (κ3) is 6.11. The zero-order valence-electron chi connectivity index (χ0n) is 20.9. The lowest BCUT2D eigenvalue weighted by Gasteiger charge is -2.33. The highest BCUT2D eigenvalue weighted by molar-refractivity contribution is 6.30. The summed E-state index contributed by atoms with van der Waals surface area (Å²) in [5.74, 6) is 0.778. The van der Waals surface area contributed by atoms with Crippen LogP contribution in [0.25, 0.3) is 22.5 Å². The molecule has 1 fully saturated rings. The molecule has 2 N–H and O–H groups in total. The van der Waals surface area contributed by atoms with Gasteiger partial charge >= 0.3 is 6.09 Å². The molecule has 0 spiro atoms. The van der Waals surface area contributed by atoms with Gasteiger partial charge in [0.05, 0.1) is 5.69 Å². The quantitative estimate of drug-likeness (QED) is 0.441. The molecule has 8 nitrogen and oxygen atoms in total. The Hall–Kier alpha value is -3.13. The Bertz CT molecular complexity index is 1160. The summed E-state index contributed by atoms with van der Waals surface area (Å²) in [5.41, 5.74) is 4.04. The van der Waals surface area contributed by atoms with Crippen LogP contribution in [0.2, 0.25) is 5.02 Å². The number of amides is 1. The van der Waals surface area contributed by atoms with Crippen molar-refractivity contribution in [3.8, 4) is 22.5 Å². The van der Waals surface area contributed by atoms with Gasteiger partial charge in [-0.05, 0) is 65.7 Å². The van der Waals surface area contributed by atoms with Crippen molar-refractivity contribution >= 4 is 23.6 Å². The van der Waals surface area contributed by atoms with Gasteiger partial charge in [-0.3, -0.25) is 5.10 Å². The van der Waals surface area contributed by atoms with E-state index in [1.165, 1.54) is 0 Å². The van der Waals surface area contributed by atoms with Crippen LogP contribution >= 0.6 is 11.6 Å². The molecule has 9 heteroatoms. The number of anilines is 1. The number of hydrogen-bond acceptors (Lipinski definition) is 6. The van der Waals surface area contributed by atoms with E-state index in [1.54, 1.807) is 11.1 Å². The largest absolute Gasteiger partial charge is 0.444 e. The van der Waals surface area contributed by atoms with Crippen LogP contribution in [0.15, 0.2) is 36.5 Å². The smallest absolute Gasteiger partial charge is 0.410 e. The van der Waals surface area contributed by atoms with Gasteiger partial charge in [-0.1, -0.05) is 23.7 Å². The first-order valence-corrected chi connectivity index (χ1v) is 12.4. The van der Waals surface area contributed by atoms with Gasteiger partial charge in [-0.15, -0.1) is 0 Å². The number of ether oxygens (including phenoxy) is 1. The number of halogens is 1. The molecule has 2 aromatic heterocycles. The van der Waals surface area contributed by atoms with Crippen molar-refractivity contribution in [2.45, 2.75) is 65.0 Å². The topological polar surface area (TPSA) is 96.0 Å². The third-order valence-corrected chi connectivity index (χ3v) is 6.05. The Morgan fingerprint density at radius 3 is 2.49 bits per heavy atom. The van der Waals surface area contributed by atoms with Crippen molar-refractivity contribution in [3.63, 3.8) is 0 Å². The number of piperidine rings is 1. The second-order valence-corrected chi connectivity index (χ2v) is 10.6. The molecule has 1 aliphatic rings. The van der Waals surface area contributed by atoms with Crippen molar-refractivity contribution < 1.29 is 9.53 Å². The van der Waals surface area contributed by atoms with Gasteiger partial charge in [0.2, 0.25) is 5.95 Å². The Morgan fingerprint density at radius 2 is 1.86 bits per heavy atom. The summed E-state index contributed by atoms with van der Waals surface area (Å²) in [6.07, 6.45) is 3.11. The van der Waals surface area contributed by atoms with E-state index in [-0.39, 0.29) is 18.1 Å². The Balaban J connectivity index is 1.66. The number of benzene rings is 1. The molecular weight excluding hydrogens is 464 g/mol. The lowest BCUT2D eigenvalue weighted by molar-refractivity contribution is 0.0204.